The Morgan fingerprint density at radius 1 is 0.692 bits per heavy atom. The van der Waals surface area contributed by atoms with Crippen molar-refractivity contribution in [3.05, 3.63) is 96.1 Å². The summed E-state index contributed by atoms with van der Waals surface area (Å²) in [5.74, 6) is -0.653. The van der Waals surface area contributed by atoms with Crippen molar-refractivity contribution in [3.63, 3.8) is 0 Å². The number of amides is 3. The van der Waals surface area contributed by atoms with Gasteiger partial charge in [-0.3, -0.25) is 19.4 Å². The minimum atomic E-state index is -0.703. The van der Waals surface area contributed by atoms with Gasteiger partial charge in [0, 0.05) is 39.3 Å². The van der Waals surface area contributed by atoms with E-state index in [4.69, 9.17) is 4.74 Å². The number of hydrogen-bond acceptors (Lipinski definition) is 5. The molecule has 0 saturated carbocycles. The van der Waals surface area contributed by atoms with Gasteiger partial charge in [0.15, 0.2) is 6.61 Å². The van der Waals surface area contributed by atoms with Crippen molar-refractivity contribution in [3.8, 4) is 0 Å². The number of fused-ring (bicyclic) bond motifs is 2. The number of nitrogens with zero attached hydrogens (tertiary/aromatic N) is 2. The monoisotopic (exact) mass is 524 g/mol. The number of rotatable bonds is 4. The van der Waals surface area contributed by atoms with Crippen molar-refractivity contribution in [2.45, 2.75) is 13.1 Å². The molecule has 4 aromatic carbocycles. The molecule has 0 bridgehead atoms. The summed E-state index contributed by atoms with van der Waals surface area (Å²) in [6.45, 7) is 2.25. The topological polar surface area (TPSA) is 91.0 Å². The zero-order chi connectivity index (χ0) is 27.0. The first-order valence-corrected chi connectivity index (χ1v) is 13.2. The molecular weight excluding hydrogens is 492 g/mol. The SMILES string of the molecule is O=C1COC(=O)N(Cc2ccccc2)CC(=O)NCCN(Cc2c3ccccc3cc3ccccc23)CCN1. The van der Waals surface area contributed by atoms with E-state index >= 15 is 0 Å². The molecule has 8 nitrogen and oxygen atoms in total. The number of ether oxygens (including phenoxy) is 1. The molecule has 1 aliphatic rings. The summed E-state index contributed by atoms with van der Waals surface area (Å²) >= 11 is 0. The largest absolute Gasteiger partial charge is 0.439 e. The lowest BCUT2D eigenvalue weighted by atomic mass is 9.96. The Kier molecular flexibility index (Phi) is 8.33. The second-order valence-electron chi connectivity index (χ2n) is 9.67. The zero-order valence-corrected chi connectivity index (χ0v) is 21.8. The van der Waals surface area contributed by atoms with Crippen LogP contribution in [0.3, 0.4) is 0 Å². The third kappa shape index (κ3) is 6.72. The van der Waals surface area contributed by atoms with Crippen molar-refractivity contribution in [2.75, 3.05) is 39.3 Å². The normalized spacial score (nSPS) is 16.4. The molecule has 1 fully saturated rings. The molecule has 0 unspecified atom stereocenters. The fourth-order valence-corrected chi connectivity index (χ4v) is 4.97. The van der Waals surface area contributed by atoms with Gasteiger partial charge in [-0.05, 0) is 38.7 Å². The molecule has 0 radical (unpaired) electrons. The number of hydrogen-bond donors (Lipinski definition) is 2. The van der Waals surface area contributed by atoms with Gasteiger partial charge in [0.25, 0.3) is 5.91 Å². The van der Waals surface area contributed by atoms with E-state index in [0.29, 0.717) is 32.7 Å². The standard InChI is InChI=1S/C31H32N4O4/c36-29-21-35(19-23-8-2-1-3-9-23)31(38)39-22-30(37)33-15-17-34(16-14-32-29)20-28-26-12-6-4-10-24(26)18-25-11-5-7-13-27(25)28/h1-13,18H,14-17,19-22H2,(H,32,36)(H,33,37). The van der Waals surface area contributed by atoms with E-state index in [1.807, 2.05) is 54.6 Å². The number of carbonyl (C=O) groups excluding carboxylic acids is 3. The zero-order valence-electron chi connectivity index (χ0n) is 21.8. The maximum Gasteiger partial charge on any atom is 0.411 e. The summed E-state index contributed by atoms with van der Waals surface area (Å²) < 4.78 is 5.23. The lowest BCUT2D eigenvalue weighted by Gasteiger charge is -2.26. The molecule has 1 saturated heterocycles. The predicted octanol–water partition coefficient (Wildman–Crippen LogP) is 3.68. The van der Waals surface area contributed by atoms with Crippen molar-refractivity contribution in [2.24, 2.45) is 0 Å². The summed E-state index contributed by atoms with van der Waals surface area (Å²) in [7, 11) is 0. The Morgan fingerprint density at radius 2 is 1.28 bits per heavy atom. The predicted molar refractivity (Wildman–Crippen MR) is 151 cm³/mol. The molecule has 1 aliphatic heterocycles. The van der Waals surface area contributed by atoms with Gasteiger partial charge < -0.3 is 15.4 Å². The molecule has 5 rings (SSSR count). The molecule has 200 valence electrons. The molecule has 4 aromatic rings. The van der Waals surface area contributed by atoms with E-state index in [1.165, 1.54) is 32.0 Å². The third-order valence-corrected chi connectivity index (χ3v) is 6.90. The molecule has 39 heavy (non-hydrogen) atoms. The Morgan fingerprint density at radius 3 is 1.95 bits per heavy atom. The van der Waals surface area contributed by atoms with E-state index < -0.39 is 12.7 Å². The number of cyclic esters (lactones) is 1. The average molecular weight is 525 g/mol. The fourth-order valence-electron chi connectivity index (χ4n) is 4.97. The van der Waals surface area contributed by atoms with Crippen LogP contribution in [0.4, 0.5) is 4.79 Å². The van der Waals surface area contributed by atoms with Gasteiger partial charge in [0.2, 0.25) is 5.91 Å². The van der Waals surface area contributed by atoms with Gasteiger partial charge in [-0.1, -0.05) is 78.9 Å². The van der Waals surface area contributed by atoms with Crippen LogP contribution in [0.1, 0.15) is 11.1 Å². The van der Waals surface area contributed by atoms with Crippen molar-refractivity contribution in [1.82, 2.24) is 20.4 Å². The van der Waals surface area contributed by atoms with Gasteiger partial charge in [-0.25, -0.2) is 4.79 Å². The van der Waals surface area contributed by atoms with E-state index in [0.717, 1.165) is 5.56 Å². The number of nitrogens with one attached hydrogen (secondary N) is 2. The quantitative estimate of drug-likeness (QED) is 0.398. The molecule has 1 heterocycles. The molecule has 2 N–H and O–H groups in total. The summed E-state index contributed by atoms with van der Waals surface area (Å²) in [5.41, 5.74) is 2.08. The highest BCUT2D eigenvalue weighted by Gasteiger charge is 2.21. The van der Waals surface area contributed by atoms with Gasteiger partial charge in [0.05, 0.1) is 0 Å². The van der Waals surface area contributed by atoms with Crippen LogP contribution in [0, 0.1) is 0 Å². The van der Waals surface area contributed by atoms with Crippen LogP contribution in [0.25, 0.3) is 21.5 Å². The summed E-state index contributed by atoms with van der Waals surface area (Å²) in [6.07, 6.45) is -0.703. The Bertz CT molecular complexity index is 1420. The molecule has 3 amide bonds. The first-order chi connectivity index (χ1) is 19.1. The van der Waals surface area contributed by atoms with Crippen LogP contribution in [0.2, 0.25) is 0 Å². The van der Waals surface area contributed by atoms with Gasteiger partial charge in [0.1, 0.15) is 6.54 Å². The van der Waals surface area contributed by atoms with Crippen LogP contribution in [0.5, 0.6) is 0 Å². The average Bonchev–Trinajstić information content (AvgIpc) is 2.95. The number of carbonyl (C=O) groups is 3. The van der Waals surface area contributed by atoms with Crippen LogP contribution < -0.4 is 10.6 Å². The first kappa shape index (κ1) is 26.2. The van der Waals surface area contributed by atoms with Crippen LogP contribution >= 0.6 is 0 Å². The maximum atomic E-state index is 12.8. The third-order valence-electron chi connectivity index (χ3n) is 6.90. The molecule has 0 aromatic heterocycles. The summed E-state index contributed by atoms with van der Waals surface area (Å²) in [4.78, 5) is 41.5. The smallest absolute Gasteiger partial charge is 0.411 e. The Balaban J connectivity index is 1.34. The van der Waals surface area contributed by atoms with E-state index in [-0.39, 0.29) is 24.9 Å². The summed E-state index contributed by atoms with van der Waals surface area (Å²) in [5, 5.41) is 10.5. The number of benzene rings is 4. The molecule has 0 aliphatic carbocycles. The second-order valence-corrected chi connectivity index (χ2v) is 9.67. The highest BCUT2D eigenvalue weighted by molar-refractivity contribution is 6.02. The Hall–Kier alpha value is -4.43. The minimum absolute atomic E-state index is 0.163. The van der Waals surface area contributed by atoms with Crippen LogP contribution in [0.15, 0.2) is 84.9 Å². The van der Waals surface area contributed by atoms with Gasteiger partial charge in [-0.2, -0.15) is 0 Å². The van der Waals surface area contributed by atoms with Gasteiger partial charge >= 0.3 is 6.09 Å². The first-order valence-electron chi connectivity index (χ1n) is 13.2. The van der Waals surface area contributed by atoms with Crippen LogP contribution in [-0.4, -0.2) is 67.0 Å². The maximum absolute atomic E-state index is 12.8. The highest BCUT2D eigenvalue weighted by Crippen LogP contribution is 2.29. The highest BCUT2D eigenvalue weighted by atomic mass is 16.6. The van der Waals surface area contributed by atoms with E-state index in [9.17, 15) is 14.4 Å². The lowest BCUT2D eigenvalue weighted by Crippen LogP contribution is -2.45. The minimum Gasteiger partial charge on any atom is -0.439 e. The van der Waals surface area contributed by atoms with Crippen molar-refractivity contribution < 1.29 is 19.1 Å². The van der Waals surface area contributed by atoms with Crippen LogP contribution in [-0.2, 0) is 27.4 Å². The fraction of sp³-hybridized carbons (Fsp3) is 0.258. The van der Waals surface area contributed by atoms with E-state index in [1.54, 1.807) is 0 Å². The van der Waals surface area contributed by atoms with Gasteiger partial charge in [-0.15, -0.1) is 0 Å². The molecule has 8 heteroatoms. The summed E-state index contributed by atoms with van der Waals surface area (Å²) in [6, 6.07) is 28.3. The van der Waals surface area contributed by atoms with E-state index in [2.05, 4.69) is 45.9 Å². The molecular formula is C31H32N4O4. The molecule has 0 atom stereocenters. The Labute approximate surface area is 227 Å². The van der Waals surface area contributed by atoms with Crippen molar-refractivity contribution >= 4 is 39.5 Å². The second kappa shape index (κ2) is 12.4. The lowest BCUT2D eigenvalue weighted by molar-refractivity contribution is -0.124. The molecule has 0 spiro atoms. The van der Waals surface area contributed by atoms with Crippen molar-refractivity contribution in [1.29, 1.82) is 0 Å².